The molecule has 3 aromatic rings. The third-order valence-electron chi connectivity index (χ3n) is 6.42. The van der Waals surface area contributed by atoms with Crippen molar-refractivity contribution in [2.24, 2.45) is 0 Å². The van der Waals surface area contributed by atoms with Crippen LogP contribution in [0.15, 0.2) is 16.7 Å². The number of rotatable bonds is 5. The Labute approximate surface area is 234 Å². The molecule has 0 radical (unpaired) electrons. The number of alkyl halides is 9. The third-order valence-corrected chi connectivity index (χ3v) is 7.50. The van der Waals surface area contributed by atoms with Crippen LogP contribution < -0.4 is 0 Å². The van der Waals surface area contributed by atoms with Gasteiger partial charge in [-0.05, 0) is 39.7 Å². The number of nitrogens with zero attached hydrogens (tertiary/aromatic N) is 5. The van der Waals surface area contributed by atoms with E-state index < -0.39 is 75.0 Å². The minimum Gasteiger partial charge on any atom is -0.415 e. The predicted octanol–water partition coefficient (Wildman–Crippen LogP) is 5.44. The van der Waals surface area contributed by atoms with Gasteiger partial charge < -0.3 is 19.5 Å². The Bertz CT molecular complexity index is 1480. The molecule has 0 aliphatic carbocycles. The van der Waals surface area contributed by atoms with E-state index in [1.165, 1.54) is 18.7 Å². The fourth-order valence-corrected chi connectivity index (χ4v) is 5.19. The van der Waals surface area contributed by atoms with E-state index >= 15 is 0 Å². The molecule has 0 saturated carbocycles. The highest BCUT2D eigenvalue weighted by Gasteiger charge is 2.72. The van der Waals surface area contributed by atoms with Gasteiger partial charge in [-0.25, -0.2) is 4.98 Å². The van der Waals surface area contributed by atoms with Crippen molar-refractivity contribution < 1.29 is 58.9 Å². The van der Waals surface area contributed by atoms with Crippen molar-refractivity contribution in [2.75, 3.05) is 6.54 Å². The molecule has 1 fully saturated rings. The van der Waals surface area contributed by atoms with E-state index in [9.17, 15) is 54.5 Å². The molecule has 4 heterocycles. The molecule has 2 N–H and O–H groups in total. The van der Waals surface area contributed by atoms with Gasteiger partial charge in [0.15, 0.2) is 5.01 Å². The van der Waals surface area contributed by atoms with Gasteiger partial charge in [0, 0.05) is 24.3 Å². The molecule has 1 amide bonds. The number of aliphatic hydroxyl groups is 2. The second kappa shape index (κ2) is 10.1. The number of thiazole rings is 1. The Balaban J connectivity index is 1.97. The zero-order valence-electron chi connectivity index (χ0n) is 21.6. The fourth-order valence-electron chi connectivity index (χ4n) is 4.19. The average molecular weight is 633 g/mol. The molecule has 4 rings (SSSR count). The van der Waals surface area contributed by atoms with Gasteiger partial charge >= 0.3 is 18.5 Å². The summed E-state index contributed by atoms with van der Waals surface area (Å²) in [6.07, 6.45) is -17.4. The van der Waals surface area contributed by atoms with Crippen LogP contribution in [-0.4, -0.2) is 66.1 Å². The molecule has 230 valence electrons. The Morgan fingerprint density at radius 3 is 2.14 bits per heavy atom. The number of pyridine rings is 1. The lowest BCUT2D eigenvalue weighted by atomic mass is 9.94. The molecule has 0 spiro atoms. The number of halogens is 9. The maximum absolute atomic E-state index is 14.2. The van der Waals surface area contributed by atoms with Crippen LogP contribution in [0.4, 0.5) is 39.5 Å². The second-order valence-corrected chi connectivity index (χ2v) is 11.0. The highest BCUT2D eigenvalue weighted by Crippen LogP contribution is 2.51. The highest BCUT2D eigenvalue weighted by atomic mass is 32.1. The van der Waals surface area contributed by atoms with Crippen LogP contribution in [0.3, 0.4) is 0 Å². The van der Waals surface area contributed by atoms with Crippen molar-refractivity contribution in [3.05, 3.63) is 35.1 Å². The molecular formula is C23H20F9N5O4S. The summed E-state index contributed by atoms with van der Waals surface area (Å²) in [7, 11) is 0. The number of hydrogen-bond acceptors (Lipinski definition) is 9. The van der Waals surface area contributed by atoms with Crippen molar-refractivity contribution >= 4 is 17.2 Å². The van der Waals surface area contributed by atoms with Crippen molar-refractivity contribution in [1.29, 1.82) is 0 Å². The first-order valence-corrected chi connectivity index (χ1v) is 12.7. The standard InChI is InChI=1S/C23H20F9N5O4S/c1-9-5-4-6-37(9)17(38)13-14(42-16(34-13)15-35-36-18(41-15)19(2,3)39)10-8-33-12(7-11(10)21(24,25)26)20(40,22(27,28)29)23(30,31)32/h7-9,39-40H,4-6H2,1-3H3. The molecule has 3 aromatic heterocycles. The molecule has 19 heteroatoms. The lowest BCUT2D eigenvalue weighted by Crippen LogP contribution is -2.54. The van der Waals surface area contributed by atoms with Crippen molar-refractivity contribution in [3.63, 3.8) is 0 Å². The summed E-state index contributed by atoms with van der Waals surface area (Å²) in [5.41, 5.74) is -13.5. The van der Waals surface area contributed by atoms with Gasteiger partial charge in [0.25, 0.3) is 17.4 Å². The summed E-state index contributed by atoms with van der Waals surface area (Å²) in [4.78, 5) is 21.1. The number of amides is 1. The largest absolute Gasteiger partial charge is 0.432 e. The summed E-state index contributed by atoms with van der Waals surface area (Å²) in [6.45, 7) is 4.43. The van der Waals surface area contributed by atoms with Crippen LogP contribution in [-0.2, 0) is 17.4 Å². The Morgan fingerprint density at radius 2 is 1.67 bits per heavy atom. The Hall–Kier alpha value is -3.32. The number of likely N-dealkylation sites (tertiary alicyclic amines) is 1. The molecule has 1 aliphatic heterocycles. The van der Waals surface area contributed by atoms with Gasteiger partial charge in [0.1, 0.15) is 11.3 Å². The normalized spacial score (nSPS) is 17.3. The van der Waals surface area contributed by atoms with E-state index in [1.54, 1.807) is 6.92 Å². The molecule has 1 unspecified atom stereocenters. The fraction of sp³-hybridized carbons (Fsp3) is 0.522. The van der Waals surface area contributed by atoms with E-state index in [0.717, 1.165) is 0 Å². The number of carbonyl (C=O) groups is 1. The van der Waals surface area contributed by atoms with Crippen LogP contribution in [0.5, 0.6) is 0 Å². The molecule has 0 aromatic carbocycles. The SMILES string of the molecule is CC1CCCN1C(=O)c1nc(-c2nnc(C(C)(C)O)o2)sc1-c1cnc(C(O)(C(F)(F)F)C(F)(F)F)cc1C(F)(F)F. The second-order valence-electron chi connectivity index (χ2n) is 9.98. The van der Waals surface area contributed by atoms with Crippen molar-refractivity contribution in [1.82, 2.24) is 25.1 Å². The average Bonchev–Trinajstić information content (AvgIpc) is 3.59. The van der Waals surface area contributed by atoms with Crippen LogP contribution in [0.1, 0.15) is 61.2 Å². The molecule has 0 bridgehead atoms. The van der Waals surface area contributed by atoms with Gasteiger partial charge in [-0.2, -0.15) is 39.5 Å². The molecular weight excluding hydrogens is 613 g/mol. The molecule has 1 aliphatic rings. The monoisotopic (exact) mass is 633 g/mol. The third kappa shape index (κ3) is 5.44. The van der Waals surface area contributed by atoms with Gasteiger partial charge in [-0.1, -0.05) is 0 Å². The smallest absolute Gasteiger partial charge is 0.415 e. The van der Waals surface area contributed by atoms with E-state index in [2.05, 4.69) is 20.2 Å². The van der Waals surface area contributed by atoms with Gasteiger partial charge in [0.05, 0.1) is 16.1 Å². The van der Waals surface area contributed by atoms with Crippen LogP contribution in [0.2, 0.25) is 0 Å². The first-order valence-electron chi connectivity index (χ1n) is 11.9. The maximum atomic E-state index is 14.2. The van der Waals surface area contributed by atoms with E-state index in [1.807, 2.05) is 0 Å². The van der Waals surface area contributed by atoms with Gasteiger partial charge in [-0.15, -0.1) is 21.5 Å². The molecule has 9 nitrogen and oxygen atoms in total. The summed E-state index contributed by atoms with van der Waals surface area (Å²) in [5, 5.41) is 26.7. The minimum absolute atomic E-state index is 0.0537. The lowest BCUT2D eigenvalue weighted by molar-refractivity contribution is -0.377. The molecule has 1 saturated heterocycles. The Kier molecular flexibility index (Phi) is 7.64. The van der Waals surface area contributed by atoms with Crippen LogP contribution >= 0.6 is 11.3 Å². The number of aromatic nitrogens is 4. The first kappa shape index (κ1) is 31.6. The highest BCUT2D eigenvalue weighted by molar-refractivity contribution is 7.18. The maximum Gasteiger partial charge on any atom is 0.432 e. The van der Waals surface area contributed by atoms with Crippen molar-refractivity contribution in [3.8, 4) is 21.3 Å². The minimum atomic E-state index is -6.50. The topological polar surface area (TPSA) is 125 Å². The number of hydrogen-bond donors (Lipinski definition) is 2. The molecule has 42 heavy (non-hydrogen) atoms. The predicted molar refractivity (Wildman–Crippen MR) is 125 cm³/mol. The first-order chi connectivity index (χ1) is 19.1. The zero-order valence-corrected chi connectivity index (χ0v) is 22.4. The zero-order chi connectivity index (χ0) is 31.6. The van der Waals surface area contributed by atoms with E-state index in [0.29, 0.717) is 24.2 Å². The van der Waals surface area contributed by atoms with Gasteiger partial charge in [0.2, 0.25) is 5.89 Å². The van der Waals surface area contributed by atoms with E-state index in [-0.39, 0.29) is 29.7 Å². The van der Waals surface area contributed by atoms with Gasteiger partial charge in [-0.3, -0.25) is 9.78 Å². The Morgan fingerprint density at radius 1 is 1.05 bits per heavy atom. The lowest BCUT2D eigenvalue weighted by Gasteiger charge is -2.32. The van der Waals surface area contributed by atoms with Crippen molar-refractivity contribution in [2.45, 2.75) is 69.4 Å². The summed E-state index contributed by atoms with van der Waals surface area (Å²) in [6, 6.07) is -0.932. The van der Waals surface area contributed by atoms with Crippen LogP contribution in [0.25, 0.3) is 21.3 Å². The quantitative estimate of drug-likeness (QED) is 0.356. The number of carbonyl (C=O) groups excluding carboxylic acids is 1. The van der Waals surface area contributed by atoms with Crippen LogP contribution in [0, 0.1) is 0 Å². The van der Waals surface area contributed by atoms with E-state index in [4.69, 9.17) is 4.42 Å². The molecule has 1 atom stereocenters. The summed E-state index contributed by atoms with van der Waals surface area (Å²) >= 11 is 0.349. The summed E-state index contributed by atoms with van der Waals surface area (Å²) < 4.78 is 128. The summed E-state index contributed by atoms with van der Waals surface area (Å²) in [5.74, 6) is -1.64.